The van der Waals surface area contributed by atoms with Crippen LogP contribution < -0.4 is 4.74 Å². The zero-order valence-corrected chi connectivity index (χ0v) is 20.7. The Labute approximate surface area is 215 Å². The van der Waals surface area contributed by atoms with E-state index in [1.807, 2.05) is 18.2 Å². The minimum atomic E-state index is -0.383. The molecular formula is C24H15Cl4NO3S. The zero-order valence-electron chi connectivity index (χ0n) is 16.9. The Kier molecular flexibility index (Phi) is 7.57. The summed E-state index contributed by atoms with van der Waals surface area (Å²) in [6, 6.07) is 17.5. The lowest BCUT2D eigenvalue weighted by atomic mass is 10.2. The van der Waals surface area contributed by atoms with Gasteiger partial charge < -0.3 is 4.74 Å². The van der Waals surface area contributed by atoms with Gasteiger partial charge in [-0.05, 0) is 59.3 Å². The molecule has 0 atom stereocenters. The molecule has 0 aliphatic carbocycles. The van der Waals surface area contributed by atoms with Gasteiger partial charge in [-0.15, -0.1) is 0 Å². The first-order valence-corrected chi connectivity index (χ1v) is 12.0. The molecule has 4 rings (SSSR count). The van der Waals surface area contributed by atoms with Crippen molar-refractivity contribution in [2.24, 2.45) is 0 Å². The summed E-state index contributed by atoms with van der Waals surface area (Å²) < 4.78 is 5.78. The van der Waals surface area contributed by atoms with Crippen LogP contribution in [0.2, 0.25) is 20.1 Å². The summed E-state index contributed by atoms with van der Waals surface area (Å²) in [5.74, 6) is -0.0718. The van der Waals surface area contributed by atoms with Crippen LogP contribution in [0.15, 0.2) is 65.6 Å². The first-order chi connectivity index (χ1) is 15.8. The first-order valence-electron chi connectivity index (χ1n) is 9.67. The molecule has 2 amide bonds. The van der Waals surface area contributed by atoms with Gasteiger partial charge in [0.2, 0.25) is 0 Å². The number of carbonyl (C=O) groups is 2. The molecule has 1 heterocycles. The van der Waals surface area contributed by atoms with Crippen molar-refractivity contribution in [3.63, 3.8) is 0 Å². The number of benzene rings is 3. The number of imide groups is 1. The molecule has 0 spiro atoms. The third-order valence-corrected chi connectivity index (χ3v) is 6.87. The molecule has 0 radical (unpaired) electrons. The van der Waals surface area contributed by atoms with Gasteiger partial charge in [0, 0.05) is 15.6 Å². The molecule has 1 saturated heterocycles. The normalized spacial score (nSPS) is 14.9. The van der Waals surface area contributed by atoms with Gasteiger partial charge in [-0.2, -0.15) is 0 Å². The number of hydrogen-bond acceptors (Lipinski definition) is 4. The fourth-order valence-electron chi connectivity index (χ4n) is 3.13. The first kappa shape index (κ1) is 24.0. The number of carbonyl (C=O) groups excluding carboxylic acids is 2. The molecule has 4 nitrogen and oxygen atoms in total. The highest BCUT2D eigenvalue weighted by Gasteiger charge is 2.35. The summed E-state index contributed by atoms with van der Waals surface area (Å²) in [6.45, 7) is 0.359. The highest BCUT2D eigenvalue weighted by atomic mass is 35.5. The van der Waals surface area contributed by atoms with Gasteiger partial charge in [0.1, 0.15) is 6.61 Å². The molecule has 1 aliphatic rings. The predicted molar refractivity (Wildman–Crippen MR) is 135 cm³/mol. The van der Waals surface area contributed by atoms with E-state index < -0.39 is 0 Å². The second-order valence-corrected chi connectivity index (χ2v) is 9.74. The lowest BCUT2D eigenvalue weighted by Gasteiger charge is -2.13. The Balaban J connectivity index is 1.50. The topological polar surface area (TPSA) is 46.6 Å². The van der Waals surface area contributed by atoms with E-state index in [1.54, 1.807) is 48.5 Å². The molecule has 0 unspecified atom stereocenters. The molecule has 3 aromatic rings. The third-order valence-electron chi connectivity index (χ3n) is 4.78. The molecule has 0 saturated carbocycles. The Morgan fingerprint density at radius 3 is 2.21 bits per heavy atom. The van der Waals surface area contributed by atoms with Crippen LogP contribution in [-0.4, -0.2) is 16.0 Å². The van der Waals surface area contributed by atoms with E-state index in [4.69, 9.17) is 51.1 Å². The Hall–Kier alpha value is -2.15. The second-order valence-electron chi connectivity index (χ2n) is 7.09. The van der Waals surface area contributed by atoms with Crippen LogP contribution in [0.25, 0.3) is 6.08 Å². The highest BCUT2D eigenvalue weighted by Crippen LogP contribution is 2.38. The van der Waals surface area contributed by atoms with Crippen LogP contribution >= 0.6 is 58.2 Å². The molecule has 0 N–H and O–H groups in total. The largest absolute Gasteiger partial charge is 0.486 e. The Morgan fingerprint density at radius 2 is 1.55 bits per heavy atom. The maximum atomic E-state index is 12.8. The van der Waals surface area contributed by atoms with Crippen molar-refractivity contribution in [3.05, 3.63) is 102 Å². The minimum absolute atomic E-state index is 0.162. The smallest absolute Gasteiger partial charge is 0.293 e. The standard InChI is InChI=1S/C24H15Cl4NO3S/c25-17-7-5-14(6-8-17)12-29-23(30)21(33-24(29)31)11-15-9-19(27)22(20(28)10-15)32-13-16-3-1-2-4-18(16)26/h1-11H,12-13H2/b21-11-. The van der Waals surface area contributed by atoms with Gasteiger partial charge in [-0.1, -0.05) is 76.7 Å². The SMILES string of the molecule is O=C1S/C(=C\c2cc(Cl)c(OCc3ccccc3Cl)c(Cl)c2)C(=O)N1Cc1ccc(Cl)cc1. The highest BCUT2D eigenvalue weighted by molar-refractivity contribution is 8.18. The quantitative estimate of drug-likeness (QED) is 0.297. The average molecular weight is 539 g/mol. The second kappa shape index (κ2) is 10.4. The van der Waals surface area contributed by atoms with E-state index in [-0.39, 0.29) is 39.2 Å². The molecule has 3 aromatic carbocycles. The van der Waals surface area contributed by atoms with Crippen LogP contribution in [0.3, 0.4) is 0 Å². The van der Waals surface area contributed by atoms with E-state index in [0.29, 0.717) is 21.4 Å². The number of amides is 2. The van der Waals surface area contributed by atoms with Crippen molar-refractivity contribution < 1.29 is 14.3 Å². The molecule has 168 valence electrons. The van der Waals surface area contributed by atoms with Crippen molar-refractivity contribution in [1.82, 2.24) is 4.90 Å². The lowest BCUT2D eigenvalue weighted by molar-refractivity contribution is -0.123. The Bertz CT molecular complexity index is 1240. The van der Waals surface area contributed by atoms with Crippen LogP contribution in [0.5, 0.6) is 5.75 Å². The summed E-state index contributed by atoms with van der Waals surface area (Å²) in [5, 5.41) is 1.37. The molecule has 9 heteroatoms. The van der Waals surface area contributed by atoms with Gasteiger partial charge in [-0.3, -0.25) is 14.5 Å². The van der Waals surface area contributed by atoms with Crippen molar-refractivity contribution >= 4 is 75.4 Å². The summed E-state index contributed by atoms with van der Waals surface area (Å²) in [7, 11) is 0. The fraction of sp³-hybridized carbons (Fsp3) is 0.0833. The molecule has 33 heavy (non-hydrogen) atoms. The van der Waals surface area contributed by atoms with E-state index in [2.05, 4.69) is 0 Å². The number of hydrogen-bond donors (Lipinski definition) is 0. The van der Waals surface area contributed by atoms with Crippen molar-refractivity contribution in [1.29, 1.82) is 0 Å². The number of ether oxygens (including phenoxy) is 1. The molecule has 1 aliphatic heterocycles. The van der Waals surface area contributed by atoms with Crippen LogP contribution in [0.1, 0.15) is 16.7 Å². The Morgan fingerprint density at radius 1 is 0.879 bits per heavy atom. The third kappa shape index (κ3) is 5.68. The van der Waals surface area contributed by atoms with E-state index in [1.165, 1.54) is 4.90 Å². The van der Waals surface area contributed by atoms with Gasteiger partial charge in [-0.25, -0.2) is 0 Å². The van der Waals surface area contributed by atoms with E-state index in [9.17, 15) is 9.59 Å². The molecule has 0 bridgehead atoms. The number of nitrogens with zero attached hydrogens (tertiary/aromatic N) is 1. The van der Waals surface area contributed by atoms with Crippen LogP contribution in [0.4, 0.5) is 4.79 Å². The van der Waals surface area contributed by atoms with Gasteiger partial charge in [0.25, 0.3) is 11.1 Å². The fourth-order valence-corrected chi connectivity index (χ4v) is 4.89. The number of thioether (sulfide) groups is 1. The van der Waals surface area contributed by atoms with Gasteiger partial charge in [0.15, 0.2) is 5.75 Å². The molecular weight excluding hydrogens is 524 g/mol. The summed E-state index contributed by atoms with van der Waals surface area (Å²) >= 11 is 25.7. The van der Waals surface area contributed by atoms with Crippen molar-refractivity contribution in [2.45, 2.75) is 13.2 Å². The average Bonchev–Trinajstić information content (AvgIpc) is 3.03. The predicted octanol–water partition coefficient (Wildman–Crippen LogP) is 8.12. The van der Waals surface area contributed by atoms with Gasteiger partial charge in [0.05, 0.1) is 21.5 Å². The zero-order chi connectivity index (χ0) is 23.5. The van der Waals surface area contributed by atoms with Crippen LogP contribution in [-0.2, 0) is 17.9 Å². The van der Waals surface area contributed by atoms with Crippen molar-refractivity contribution in [2.75, 3.05) is 0 Å². The number of halogens is 4. The van der Waals surface area contributed by atoms with E-state index >= 15 is 0 Å². The summed E-state index contributed by atoms with van der Waals surface area (Å²) in [5.41, 5.74) is 2.17. The lowest BCUT2D eigenvalue weighted by Crippen LogP contribution is -2.27. The summed E-state index contributed by atoms with van der Waals surface area (Å²) in [6.07, 6.45) is 1.59. The number of rotatable bonds is 6. The van der Waals surface area contributed by atoms with Crippen LogP contribution in [0, 0.1) is 0 Å². The van der Waals surface area contributed by atoms with Gasteiger partial charge >= 0.3 is 0 Å². The molecule has 1 fully saturated rings. The maximum Gasteiger partial charge on any atom is 0.293 e. The minimum Gasteiger partial charge on any atom is -0.486 e. The maximum absolute atomic E-state index is 12.8. The molecule has 0 aromatic heterocycles. The summed E-state index contributed by atoms with van der Waals surface area (Å²) in [4.78, 5) is 26.7. The van der Waals surface area contributed by atoms with Crippen molar-refractivity contribution in [3.8, 4) is 5.75 Å². The van der Waals surface area contributed by atoms with E-state index in [0.717, 1.165) is 22.9 Å². The monoisotopic (exact) mass is 537 g/mol.